The normalized spacial score (nSPS) is 18.8. The Kier molecular flexibility index (Phi) is 5.49. The lowest BCUT2D eigenvalue weighted by atomic mass is 10.0. The quantitative estimate of drug-likeness (QED) is 0.771. The summed E-state index contributed by atoms with van der Waals surface area (Å²) >= 11 is 8.03. The van der Waals surface area contributed by atoms with Gasteiger partial charge in [0.1, 0.15) is 0 Å². The number of hydrogen-bond acceptors (Lipinski definition) is 3. The maximum absolute atomic E-state index is 6.30. The van der Waals surface area contributed by atoms with Crippen LogP contribution in [0.2, 0.25) is 5.02 Å². The Morgan fingerprint density at radius 3 is 2.78 bits per heavy atom. The molecule has 1 aromatic heterocycles. The van der Waals surface area contributed by atoms with Crippen LogP contribution in [0.1, 0.15) is 44.0 Å². The minimum atomic E-state index is 0.255. The highest BCUT2D eigenvalue weighted by Crippen LogP contribution is 2.42. The summed E-state index contributed by atoms with van der Waals surface area (Å²) in [5.41, 5.74) is 0. The molecule has 102 valence electrons. The molecule has 0 saturated heterocycles. The van der Waals surface area contributed by atoms with E-state index >= 15 is 0 Å². The molecule has 1 fully saturated rings. The lowest BCUT2D eigenvalue weighted by molar-refractivity contribution is 0.0195. The van der Waals surface area contributed by atoms with Crippen molar-refractivity contribution in [1.82, 2.24) is 5.32 Å². The molecule has 0 aliphatic heterocycles. The molecule has 0 radical (unpaired) electrons. The van der Waals surface area contributed by atoms with Gasteiger partial charge in [-0.25, -0.2) is 0 Å². The molecule has 1 saturated carbocycles. The van der Waals surface area contributed by atoms with Gasteiger partial charge in [-0.1, -0.05) is 18.5 Å². The maximum atomic E-state index is 6.30. The van der Waals surface area contributed by atoms with E-state index in [1.165, 1.54) is 17.7 Å². The Balaban J connectivity index is 2.14. The van der Waals surface area contributed by atoms with Crippen LogP contribution in [0.4, 0.5) is 0 Å². The van der Waals surface area contributed by atoms with Gasteiger partial charge in [0.15, 0.2) is 0 Å². The van der Waals surface area contributed by atoms with E-state index in [1.54, 1.807) is 11.3 Å². The molecule has 2 atom stereocenters. The van der Waals surface area contributed by atoms with Crippen LogP contribution in [0.25, 0.3) is 0 Å². The van der Waals surface area contributed by atoms with Crippen LogP contribution in [0.5, 0.6) is 0 Å². The molecule has 1 N–H and O–H groups in total. The third-order valence-corrected chi connectivity index (χ3v) is 4.76. The average Bonchev–Trinajstić information content (AvgIpc) is 3.12. The molecule has 2 unspecified atom stereocenters. The fraction of sp³-hybridized carbons (Fsp3) is 0.714. The van der Waals surface area contributed by atoms with Crippen LogP contribution < -0.4 is 5.32 Å². The molecule has 0 aromatic carbocycles. The summed E-state index contributed by atoms with van der Waals surface area (Å²) in [6.07, 6.45) is 3.98. The first-order chi connectivity index (χ1) is 8.77. The number of rotatable bonds is 8. The van der Waals surface area contributed by atoms with Gasteiger partial charge in [-0.2, -0.15) is 0 Å². The molecular formula is C14H22ClNOS. The van der Waals surface area contributed by atoms with Gasteiger partial charge in [-0.15, -0.1) is 11.3 Å². The average molecular weight is 288 g/mol. The van der Waals surface area contributed by atoms with Crippen LogP contribution in [0.3, 0.4) is 0 Å². The Bertz CT molecular complexity index is 364. The second-order valence-electron chi connectivity index (χ2n) is 4.82. The fourth-order valence-corrected chi connectivity index (χ4v) is 3.59. The van der Waals surface area contributed by atoms with Crippen molar-refractivity contribution in [1.29, 1.82) is 0 Å². The summed E-state index contributed by atoms with van der Waals surface area (Å²) in [5, 5.41) is 6.56. The molecule has 4 heteroatoms. The van der Waals surface area contributed by atoms with Crippen LogP contribution in [-0.2, 0) is 4.74 Å². The first-order valence-corrected chi connectivity index (χ1v) is 8.11. The minimum Gasteiger partial charge on any atom is -0.376 e. The first kappa shape index (κ1) is 14.3. The third kappa shape index (κ3) is 3.47. The van der Waals surface area contributed by atoms with Crippen molar-refractivity contribution in [3.63, 3.8) is 0 Å². The van der Waals surface area contributed by atoms with E-state index in [9.17, 15) is 0 Å². The fourth-order valence-electron chi connectivity index (χ4n) is 2.31. The standard InChI is InChI=1S/C14H22ClNOS/c1-3-8-16-12(14-11(15)7-9-18-14)13(17-4-2)10-5-6-10/h7,9-10,12-13,16H,3-6,8H2,1-2H3. The molecule has 1 aliphatic rings. The highest BCUT2D eigenvalue weighted by atomic mass is 35.5. The molecule has 18 heavy (non-hydrogen) atoms. The molecule has 0 amide bonds. The second kappa shape index (κ2) is 6.90. The first-order valence-electron chi connectivity index (χ1n) is 6.85. The van der Waals surface area contributed by atoms with Gasteiger partial charge in [-0.3, -0.25) is 0 Å². The topological polar surface area (TPSA) is 21.3 Å². The van der Waals surface area contributed by atoms with Crippen molar-refractivity contribution in [3.05, 3.63) is 21.3 Å². The number of hydrogen-bond donors (Lipinski definition) is 1. The predicted octanol–water partition coefficient (Wildman–Crippen LogP) is 4.26. The van der Waals surface area contributed by atoms with Crippen LogP contribution in [0.15, 0.2) is 11.4 Å². The highest BCUT2D eigenvalue weighted by molar-refractivity contribution is 7.10. The largest absolute Gasteiger partial charge is 0.376 e. The van der Waals surface area contributed by atoms with Gasteiger partial charge >= 0.3 is 0 Å². The van der Waals surface area contributed by atoms with E-state index < -0.39 is 0 Å². The lowest BCUT2D eigenvalue weighted by Crippen LogP contribution is -2.35. The van der Waals surface area contributed by atoms with Crippen molar-refractivity contribution in [2.75, 3.05) is 13.2 Å². The number of ether oxygens (including phenoxy) is 1. The van der Waals surface area contributed by atoms with E-state index in [-0.39, 0.29) is 12.1 Å². The van der Waals surface area contributed by atoms with E-state index in [1.807, 2.05) is 6.07 Å². The van der Waals surface area contributed by atoms with Gasteiger partial charge in [0, 0.05) is 11.5 Å². The van der Waals surface area contributed by atoms with E-state index in [2.05, 4.69) is 24.5 Å². The van der Waals surface area contributed by atoms with Gasteiger partial charge in [0.2, 0.25) is 0 Å². The summed E-state index contributed by atoms with van der Waals surface area (Å²) < 4.78 is 5.99. The van der Waals surface area contributed by atoms with Crippen LogP contribution in [-0.4, -0.2) is 19.3 Å². The van der Waals surface area contributed by atoms with Crippen molar-refractivity contribution >= 4 is 22.9 Å². The second-order valence-corrected chi connectivity index (χ2v) is 6.18. The van der Waals surface area contributed by atoms with Crippen LogP contribution in [0, 0.1) is 5.92 Å². The molecule has 0 spiro atoms. The van der Waals surface area contributed by atoms with Gasteiger partial charge in [0.05, 0.1) is 17.2 Å². The lowest BCUT2D eigenvalue weighted by Gasteiger charge is -2.27. The maximum Gasteiger partial charge on any atom is 0.0806 e. The Morgan fingerprint density at radius 1 is 1.50 bits per heavy atom. The smallest absolute Gasteiger partial charge is 0.0806 e. The van der Waals surface area contributed by atoms with Gasteiger partial charge < -0.3 is 10.1 Å². The van der Waals surface area contributed by atoms with Gasteiger partial charge in [-0.05, 0) is 50.1 Å². The van der Waals surface area contributed by atoms with Crippen LogP contribution >= 0.6 is 22.9 Å². The molecular weight excluding hydrogens is 266 g/mol. The minimum absolute atomic E-state index is 0.255. The predicted molar refractivity (Wildman–Crippen MR) is 78.5 cm³/mol. The molecule has 2 rings (SSSR count). The molecule has 1 aromatic rings. The van der Waals surface area contributed by atoms with Crippen molar-refractivity contribution in [3.8, 4) is 0 Å². The monoisotopic (exact) mass is 287 g/mol. The van der Waals surface area contributed by atoms with Crippen molar-refractivity contribution in [2.24, 2.45) is 5.92 Å². The summed E-state index contributed by atoms with van der Waals surface area (Å²) in [6.45, 7) is 6.04. The zero-order valence-corrected chi connectivity index (χ0v) is 12.7. The van der Waals surface area contributed by atoms with E-state index in [4.69, 9.17) is 16.3 Å². The van der Waals surface area contributed by atoms with Gasteiger partial charge in [0.25, 0.3) is 0 Å². The SMILES string of the molecule is CCCNC(c1sccc1Cl)C(OCC)C1CC1. The Hall–Kier alpha value is -0.0900. The summed E-state index contributed by atoms with van der Waals surface area (Å²) in [5.74, 6) is 0.706. The Morgan fingerprint density at radius 2 is 2.28 bits per heavy atom. The zero-order chi connectivity index (χ0) is 13.0. The zero-order valence-electron chi connectivity index (χ0n) is 11.1. The van der Waals surface area contributed by atoms with E-state index in [0.717, 1.165) is 24.6 Å². The number of nitrogens with one attached hydrogen (secondary N) is 1. The van der Waals surface area contributed by atoms with Crippen molar-refractivity contribution in [2.45, 2.75) is 45.3 Å². The number of thiophene rings is 1. The summed E-state index contributed by atoms with van der Waals surface area (Å²) in [4.78, 5) is 1.23. The van der Waals surface area contributed by atoms with E-state index in [0.29, 0.717) is 5.92 Å². The summed E-state index contributed by atoms with van der Waals surface area (Å²) in [6, 6.07) is 2.24. The number of halogens is 1. The molecule has 2 nitrogen and oxygen atoms in total. The van der Waals surface area contributed by atoms with Crippen molar-refractivity contribution < 1.29 is 4.74 Å². The Labute approximate surface area is 119 Å². The highest BCUT2D eigenvalue weighted by Gasteiger charge is 2.38. The molecule has 1 heterocycles. The summed E-state index contributed by atoms with van der Waals surface area (Å²) in [7, 11) is 0. The molecule has 1 aliphatic carbocycles. The third-order valence-electron chi connectivity index (χ3n) is 3.32. The molecule has 0 bridgehead atoms.